The molecule has 0 aromatic rings. The summed E-state index contributed by atoms with van der Waals surface area (Å²) in [5, 5.41) is -0.0220. The second-order valence-electron chi connectivity index (χ2n) is 3.21. The van der Waals surface area contributed by atoms with Crippen molar-refractivity contribution in [1.82, 2.24) is 5.12 Å². The summed E-state index contributed by atoms with van der Waals surface area (Å²) in [4.78, 5) is 22.2. The Labute approximate surface area is 74.5 Å². The van der Waals surface area contributed by atoms with Crippen LogP contribution in [0, 0.1) is 5.92 Å². The van der Waals surface area contributed by atoms with Crippen molar-refractivity contribution in [3.8, 4) is 0 Å². The average molecular weight is 181 g/mol. The number of hydrogen-bond donors (Lipinski definition) is 0. The van der Waals surface area contributed by atoms with E-state index < -0.39 is 17.6 Å². The van der Waals surface area contributed by atoms with Crippen molar-refractivity contribution in [3.05, 3.63) is 23.4 Å². The van der Waals surface area contributed by atoms with Crippen molar-refractivity contribution in [2.45, 2.75) is 13.3 Å². The standard InChI is InChI=1S/C9H8FNO2/c1-5-3-2-4-6-7(5)11(10)9(13)8(6)12/h2-3,6H,4H2,1H3. The summed E-state index contributed by atoms with van der Waals surface area (Å²) in [5.41, 5.74) is 0.871. The van der Waals surface area contributed by atoms with E-state index in [-0.39, 0.29) is 10.8 Å². The smallest absolute Gasteiger partial charge is 0.288 e. The molecule has 4 heteroatoms. The van der Waals surface area contributed by atoms with E-state index in [1.807, 2.05) is 0 Å². The fourth-order valence-corrected chi connectivity index (χ4v) is 1.73. The number of rotatable bonds is 0. The van der Waals surface area contributed by atoms with Crippen molar-refractivity contribution >= 4 is 11.7 Å². The third kappa shape index (κ3) is 0.946. The third-order valence-electron chi connectivity index (χ3n) is 2.39. The lowest BCUT2D eigenvalue weighted by Gasteiger charge is -2.15. The van der Waals surface area contributed by atoms with Crippen LogP contribution in [0.1, 0.15) is 13.3 Å². The predicted octanol–water partition coefficient (Wildman–Crippen LogP) is 1.13. The maximum Gasteiger partial charge on any atom is 0.322 e. The quantitative estimate of drug-likeness (QED) is 0.415. The lowest BCUT2D eigenvalue weighted by Crippen LogP contribution is -2.18. The fraction of sp³-hybridized carbons (Fsp3) is 0.333. The van der Waals surface area contributed by atoms with Gasteiger partial charge in [-0.25, -0.2) is 0 Å². The van der Waals surface area contributed by atoms with Crippen LogP contribution in [0.5, 0.6) is 0 Å². The minimum atomic E-state index is -1.04. The second-order valence-corrected chi connectivity index (χ2v) is 3.21. The zero-order valence-corrected chi connectivity index (χ0v) is 7.08. The maximum absolute atomic E-state index is 13.1. The number of allylic oxidation sites excluding steroid dienone is 4. The molecule has 1 fully saturated rings. The van der Waals surface area contributed by atoms with E-state index in [1.54, 1.807) is 19.1 Å². The van der Waals surface area contributed by atoms with Gasteiger partial charge in [-0.05, 0) is 18.9 Å². The van der Waals surface area contributed by atoms with Gasteiger partial charge in [-0.3, -0.25) is 9.59 Å². The summed E-state index contributed by atoms with van der Waals surface area (Å²) in [5.74, 6) is -2.26. The molecule has 1 saturated heterocycles. The number of Topliss-reactive ketones (excluding diaryl/α,β-unsaturated/α-hetero) is 1. The molecule has 2 aliphatic rings. The fourth-order valence-electron chi connectivity index (χ4n) is 1.73. The van der Waals surface area contributed by atoms with E-state index in [4.69, 9.17) is 0 Å². The molecule has 1 unspecified atom stereocenters. The van der Waals surface area contributed by atoms with Crippen LogP contribution in [0.3, 0.4) is 0 Å². The van der Waals surface area contributed by atoms with Gasteiger partial charge < -0.3 is 0 Å². The van der Waals surface area contributed by atoms with Crippen molar-refractivity contribution < 1.29 is 14.1 Å². The van der Waals surface area contributed by atoms with Crippen LogP contribution >= 0.6 is 0 Å². The van der Waals surface area contributed by atoms with Crippen LogP contribution in [0.2, 0.25) is 0 Å². The van der Waals surface area contributed by atoms with Gasteiger partial charge in [0.15, 0.2) is 0 Å². The number of carbonyl (C=O) groups is 2. The molecular formula is C9H8FNO2. The summed E-state index contributed by atoms with van der Waals surface area (Å²) >= 11 is 0. The van der Waals surface area contributed by atoms with Gasteiger partial charge in [-0.1, -0.05) is 16.6 Å². The van der Waals surface area contributed by atoms with Gasteiger partial charge in [-0.15, -0.1) is 5.12 Å². The molecule has 1 aliphatic heterocycles. The highest BCUT2D eigenvalue weighted by Crippen LogP contribution is 2.35. The first-order chi connectivity index (χ1) is 6.13. The zero-order chi connectivity index (χ0) is 9.59. The topological polar surface area (TPSA) is 37.4 Å². The molecule has 2 rings (SSSR count). The first-order valence-corrected chi connectivity index (χ1v) is 4.04. The number of nitrogens with zero attached hydrogens (tertiary/aromatic N) is 1. The summed E-state index contributed by atoms with van der Waals surface area (Å²) in [6, 6.07) is 0. The summed E-state index contributed by atoms with van der Waals surface area (Å²) < 4.78 is 13.1. The Kier molecular flexibility index (Phi) is 1.58. The molecule has 1 atom stereocenters. The lowest BCUT2D eigenvalue weighted by atomic mass is 9.92. The first kappa shape index (κ1) is 8.16. The predicted molar refractivity (Wildman–Crippen MR) is 42.9 cm³/mol. The van der Waals surface area contributed by atoms with Gasteiger partial charge in [0.05, 0.1) is 11.6 Å². The number of hydrogen-bond acceptors (Lipinski definition) is 2. The van der Waals surface area contributed by atoms with E-state index in [9.17, 15) is 14.1 Å². The summed E-state index contributed by atoms with van der Waals surface area (Å²) in [7, 11) is 0. The lowest BCUT2D eigenvalue weighted by molar-refractivity contribution is -0.147. The van der Waals surface area contributed by atoms with Crippen molar-refractivity contribution in [2.75, 3.05) is 0 Å². The molecule has 0 aromatic heterocycles. The number of carbonyl (C=O) groups excluding carboxylic acids is 2. The maximum atomic E-state index is 13.1. The molecule has 0 N–H and O–H groups in total. The van der Waals surface area contributed by atoms with Gasteiger partial charge in [0.2, 0.25) is 5.78 Å². The van der Waals surface area contributed by atoms with Crippen LogP contribution in [-0.4, -0.2) is 16.8 Å². The Morgan fingerprint density at radius 3 is 2.85 bits per heavy atom. The van der Waals surface area contributed by atoms with Crippen LogP contribution in [-0.2, 0) is 9.59 Å². The molecule has 1 amide bonds. The number of ketones is 1. The Morgan fingerprint density at radius 1 is 1.54 bits per heavy atom. The zero-order valence-electron chi connectivity index (χ0n) is 7.08. The van der Waals surface area contributed by atoms with Crippen LogP contribution in [0.15, 0.2) is 23.4 Å². The molecule has 3 nitrogen and oxygen atoms in total. The van der Waals surface area contributed by atoms with E-state index in [0.29, 0.717) is 12.0 Å². The van der Waals surface area contributed by atoms with Gasteiger partial charge in [0.1, 0.15) is 0 Å². The molecule has 0 radical (unpaired) electrons. The highest BCUT2D eigenvalue weighted by Gasteiger charge is 2.45. The van der Waals surface area contributed by atoms with Gasteiger partial charge in [0.25, 0.3) is 0 Å². The van der Waals surface area contributed by atoms with E-state index in [2.05, 4.69) is 0 Å². The van der Waals surface area contributed by atoms with Gasteiger partial charge in [0, 0.05) is 0 Å². The first-order valence-electron chi connectivity index (χ1n) is 4.04. The van der Waals surface area contributed by atoms with Crippen LogP contribution in [0.25, 0.3) is 0 Å². The van der Waals surface area contributed by atoms with Gasteiger partial charge in [-0.2, -0.15) is 0 Å². The van der Waals surface area contributed by atoms with E-state index in [1.165, 1.54) is 0 Å². The summed E-state index contributed by atoms with van der Waals surface area (Å²) in [6.45, 7) is 1.69. The number of amides is 1. The molecule has 68 valence electrons. The Balaban J connectivity index is 2.53. The number of halogens is 1. The normalized spacial score (nSPS) is 27.2. The second kappa shape index (κ2) is 2.52. The van der Waals surface area contributed by atoms with Crippen LogP contribution in [0.4, 0.5) is 4.48 Å². The average Bonchev–Trinajstić information content (AvgIpc) is 2.33. The highest BCUT2D eigenvalue weighted by atomic mass is 19.2. The molecule has 0 bridgehead atoms. The molecular weight excluding hydrogens is 173 g/mol. The van der Waals surface area contributed by atoms with Crippen molar-refractivity contribution in [1.29, 1.82) is 0 Å². The number of fused-ring (bicyclic) bond motifs is 1. The molecule has 13 heavy (non-hydrogen) atoms. The minimum Gasteiger partial charge on any atom is -0.288 e. The van der Waals surface area contributed by atoms with E-state index >= 15 is 0 Å². The molecule has 0 saturated carbocycles. The highest BCUT2D eigenvalue weighted by molar-refractivity contribution is 6.40. The molecule has 1 heterocycles. The van der Waals surface area contributed by atoms with Crippen LogP contribution < -0.4 is 0 Å². The Hall–Kier alpha value is -1.45. The Morgan fingerprint density at radius 2 is 2.23 bits per heavy atom. The van der Waals surface area contributed by atoms with Crippen molar-refractivity contribution in [3.63, 3.8) is 0 Å². The largest absolute Gasteiger partial charge is 0.322 e. The molecule has 0 aromatic carbocycles. The van der Waals surface area contributed by atoms with Gasteiger partial charge >= 0.3 is 5.91 Å². The minimum absolute atomic E-state index is 0.0220. The summed E-state index contributed by atoms with van der Waals surface area (Å²) in [6.07, 6.45) is 3.94. The molecule has 1 aliphatic carbocycles. The monoisotopic (exact) mass is 181 g/mol. The van der Waals surface area contributed by atoms with Crippen molar-refractivity contribution in [2.24, 2.45) is 5.92 Å². The van der Waals surface area contributed by atoms with E-state index in [0.717, 1.165) is 0 Å². The SMILES string of the molecule is CC1=C2C(CC=C1)C(=O)C(=O)N2F. The Bertz CT molecular complexity index is 357. The third-order valence-corrected chi connectivity index (χ3v) is 2.39. The molecule has 0 spiro atoms.